The van der Waals surface area contributed by atoms with Crippen molar-refractivity contribution in [1.82, 2.24) is 10.3 Å². The van der Waals surface area contributed by atoms with Crippen molar-refractivity contribution >= 4 is 69.3 Å². The number of rotatable bonds is 6. The van der Waals surface area contributed by atoms with Gasteiger partial charge in [0, 0.05) is 32.9 Å². The third-order valence-corrected chi connectivity index (χ3v) is 6.64. The van der Waals surface area contributed by atoms with E-state index in [9.17, 15) is 4.79 Å². The highest BCUT2D eigenvalue weighted by Crippen LogP contribution is 2.30. The molecule has 0 aliphatic rings. The number of amides is 1. The molecule has 0 radical (unpaired) electrons. The number of hydrogen-bond acceptors (Lipinski definition) is 5. The lowest BCUT2D eigenvalue weighted by Gasteiger charge is -2.11. The summed E-state index contributed by atoms with van der Waals surface area (Å²) in [6.45, 7) is 4.04. The van der Waals surface area contributed by atoms with E-state index in [0.29, 0.717) is 27.5 Å². The maximum absolute atomic E-state index is 12.5. The molecule has 5 aromatic rings. The van der Waals surface area contributed by atoms with Gasteiger partial charge in [-0.05, 0) is 97.4 Å². The fourth-order valence-electron chi connectivity index (χ4n) is 3.96. The van der Waals surface area contributed by atoms with Gasteiger partial charge in [-0.25, -0.2) is 4.98 Å². The molecule has 2 heterocycles. The summed E-state index contributed by atoms with van der Waals surface area (Å²) in [5.74, 6) is 1.17. The Hall–Kier alpha value is -3.91. The van der Waals surface area contributed by atoms with Crippen LogP contribution in [0.1, 0.15) is 23.8 Å². The molecule has 1 amide bonds. The molecule has 0 aliphatic carbocycles. The van der Waals surface area contributed by atoms with E-state index in [0.717, 1.165) is 39.9 Å². The van der Waals surface area contributed by atoms with Crippen molar-refractivity contribution in [3.05, 3.63) is 99.7 Å². The third-order valence-electron chi connectivity index (χ3n) is 6.00. The van der Waals surface area contributed by atoms with Crippen LogP contribution in [0.5, 0.6) is 0 Å². The van der Waals surface area contributed by atoms with Gasteiger partial charge in [-0.2, -0.15) is 0 Å². The average Bonchev–Trinajstić information content (AvgIpc) is 3.55. The van der Waals surface area contributed by atoms with Gasteiger partial charge in [-0.1, -0.05) is 42.3 Å². The number of nitrogens with one attached hydrogen (secondary N) is 2. The fraction of sp³-hybridized carbons (Fsp3) is 0.100. The number of halogens is 2. The van der Waals surface area contributed by atoms with Crippen LogP contribution in [0.3, 0.4) is 0 Å². The number of hydrogen-bond donors (Lipinski definition) is 2. The monoisotopic (exact) mass is 575 g/mol. The first-order valence-electron chi connectivity index (χ1n) is 12.1. The molecule has 0 spiro atoms. The summed E-state index contributed by atoms with van der Waals surface area (Å²) in [5, 5.41) is 6.91. The summed E-state index contributed by atoms with van der Waals surface area (Å²) in [4.78, 5) is 17.1. The molecule has 0 fully saturated rings. The third kappa shape index (κ3) is 6.40. The van der Waals surface area contributed by atoms with Gasteiger partial charge >= 0.3 is 0 Å². The molecule has 5 rings (SSSR count). The van der Waals surface area contributed by atoms with Gasteiger partial charge in [0.2, 0.25) is 11.8 Å². The van der Waals surface area contributed by atoms with Gasteiger partial charge in [0.05, 0.1) is 0 Å². The predicted molar refractivity (Wildman–Crippen MR) is 161 cm³/mol. The lowest BCUT2D eigenvalue weighted by atomic mass is 10.1. The Balaban J connectivity index is 1.24. The van der Waals surface area contributed by atoms with E-state index in [2.05, 4.69) is 22.5 Å². The Kier molecular flexibility index (Phi) is 7.84. The molecule has 0 atom stereocenters. The molecule has 39 heavy (non-hydrogen) atoms. The molecule has 2 aromatic heterocycles. The van der Waals surface area contributed by atoms with Crippen molar-refractivity contribution < 1.29 is 13.6 Å². The van der Waals surface area contributed by atoms with Crippen molar-refractivity contribution in [3.8, 4) is 22.8 Å². The van der Waals surface area contributed by atoms with Crippen LogP contribution in [0.15, 0.2) is 81.6 Å². The SMILES string of the molecule is CCc1ccc2oc(-c3ccc(C)c(NC(=S)NC(=O)/C=C/c4ccc(-c5cc(Cl)cc(Cl)c5)o4)c3)nc2c1. The van der Waals surface area contributed by atoms with Crippen LogP contribution in [0.2, 0.25) is 10.0 Å². The summed E-state index contributed by atoms with van der Waals surface area (Å²) >= 11 is 17.5. The van der Waals surface area contributed by atoms with E-state index >= 15 is 0 Å². The summed E-state index contributed by atoms with van der Waals surface area (Å²) in [7, 11) is 0. The number of aromatic nitrogens is 1. The van der Waals surface area contributed by atoms with Gasteiger partial charge in [0.1, 0.15) is 17.0 Å². The van der Waals surface area contributed by atoms with Crippen LogP contribution in [0.25, 0.3) is 40.0 Å². The number of carbonyl (C=O) groups excluding carboxylic acids is 1. The van der Waals surface area contributed by atoms with Gasteiger partial charge in [-0.3, -0.25) is 10.1 Å². The largest absolute Gasteiger partial charge is 0.457 e. The van der Waals surface area contributed by atoms with Crippen LogP contribution in [0, 0.1) is 6.92 Å². The van der Waals surface area contributed by atoms with Gasteiger partial charge in [0.25, 0.3) is 0 Å². The number of aryl methyl sites for hydroxylation is 2. The molecular weight excluding hydrogens is 553 g/mol. The molecule has 0 unspecified atom stereocenters. The molecule has 3 aromatic carbocycles. The highest BCUT2D eigenvalue weighted by molar-refractivity contribution is 7.80. The number of nitrogens with zero attached hydrogens (tertiary/aromatic N) is 1. The first kappa shape index (κ1) is 26.7. The van der Waals surface area contributed by atoms with E-state index in [4.69, 9.17) is 44.3 Å². The van der Waals surface area contributed by atoms with E-state index in [1.54, 1.807) is 36.4 Å². The zero-order chi connectivity index (χ0) is 27.5. The minimum atomic E-state index is -0.407. The number of fused-ring (bicyclic) bond motifs is 1. The summed E-state index contributed by atoms with van der Waals surface area (Å²) < 4.78 is 11.7. The zero-order valence-corrected chi connectivity index (χ0v) is 23.4. The Bertz CT molecular complexity index is 1720. The van der Waals surface area contributed by atoms with E-state index in [-0.39, 0.29) is 5.11 Å². The highest BCUT2D eigenvalue weighted by Gasteiger charge is 2.12. The van der Waals surface area contributed by atoms with E-state index in [1.165, 1.54) is 11.6 Å². The predicted octanol–water partition coefficient (Wildman–Crippen LogP) is 8.46. The van der Waals surface area contributed by atoms with Gasteiger partial charge in [0.15, 0.2) is 10.7 Å². The normalized spacial score (nSPS) is 11.3. The first-order chi connectivity index (χ1) is 18.8. The van der Waals surface area contributed by atoms with Crippen LogP contribution < -0.4 is 10.6 Å². The number of anilines is 1. The summed E-state index contributed by atoms with van der Waals surface area (Å²) in [6, 6.07) is 20.4. The second kappa shape index (κ2) is 11.5. The number of oxazole rings is 1. The number of thiocarbonyl (C=S) groups is 1. The molecular formula is C30H23Cl2N3O3S. The second-order valence-corrected chi connectivity index (χ2v) is 10.1. The number of carbonyl (C=O) groups is 1. The molecule has 2 N–H and O–H groups in total. The van der Waals surface area contributed by atoms with Crippen molar-refractivity contribution in [3.63, 3.8) is 0 Å². The van der Waals surface area contributed by atoms with Gasteiger partial charge < -0.3 is 14.2 Å². The number of furan rings is 1. The maximum Gasteiger partial charge on any atom is 0.250 e. The molecule has 6 nitrogen and oxygen atoms in total. The average molecular weight is 577 g/mol. The number of benzene rings is 3. The lowest BCUT2D eigenvalue weighted by Crippen LogP contribution is -2.33. The zero-order valence-electron chi connectivity index (χ0n) is 21.0. The minimum absolute atomic E-state index is 0.156. The smallest absolute Gasteiger partial charge is 0.250 e. The van der Waals surface area contributed by atoms with Crippen LogP contribution in [-0.4, -0.2) is 16.0 Å². The highest BCUT2D eigenvalue weighted by atomic mass is 35.5. The van der Waals surface area contributed by atoms with Gasteiger partial charge in [-0.15, -0.1) is 0 Å². The first-order valence-corrected chi connectivity index (χ1v) is 13.3. The minimum Gasteiger partial charge on any atom is -0.457 e. The van der Waals surface area contributed by atoms with Crippen LogP contribution >= 0.6 is 35.4 Å². The maximum atomic E-state index is 12.5. The Morgan fingerprint density at radius 1 is 0.974 bits per heavy atom. The Labute approximate surface area is 240 Å². The Morgan fingerprint density at radius 2 is 1.77 bits per heavy atom. The van der Waals surface area contributed by atoms with Crippen molar-refractivity contribution in [1.29, 1.82) is 0 Å². The van der Waals surface area contributed by atoms with E-state index in [1.807, 2.05) is 43.3 Å². The fourth-order valence-corrected chi connectivity index (χ4v) is 4.70. The molecule has 0 saturated heterocycles. The Morgan fingerprint density at radius 3 is 2.54 bits per heavy atom. The topological polar surface area (TPSA) is 80.3 Å². The second-order valence-electron chi connectivity index (χ2n) is 8.84. The molecule has 9 heteroatoms. The van der Waals surface area contributed by atoms with Crippen LogP contribution in [0.4, 0.5) is 5.69 Å². The van der Waals surface area contributed by atoms with Crippen molar-refractivity contribution in [2.75, 3.05) is 5.32 Å². The molecule has 0 aliphatic heterocycles. The quantitative estimate of drug-likeness (QED) is 0.156. The van der Waals surface area contributed by atoms with Crippen molar-refractivity contribution in [2.24, 2.45) is 0 Å². The van der Waals surface area contributed by atoms with E-state index < -0.39 is 5.91 Å². The lowest BCUT2D eigenvalue weighted by molar-refractivity contribution is -0.115. The molecule has 196 valence electrons. The molecule has 0 bridgehead atoms. The van der Waals surface area contributed by atoms with Crippen LogP contribution in [-0.2, 0) is 11.2 Å². The summed E-state index contributed by atoms with van der Waals surface area (Å²) in [5.41, 5.74) is 5.95. The molecule has 0 saturated carbocycles. The van der Waals surface area contributed by atoms with Crippen molar-refractivity contribution in [2.45, 2.75) is 20.3 Å². The standard InChI is InChI=1S/C30H23Cl2N3O3S/c1-3-18-5-9-27-25(12-18)33-29(38-27)19-6-4-17(2)24(15-19)34-30(39)35-28(36)11-8-23-7-10-26(37-23)20-13-21(31)16-22(32)14-20/h4-16H,3H2,1-2H3,(H2,34,35,36,39)/b11-8+. The summed E-state index contributed by atoms with van der Waals surface area (Å²) in [6.07, 6.45) is 3.82.